The summed E-state index contributed by atoms with van der Waals surface area (Å²) < 4.78 is 6.91. The number of amides is 1. The number of ether oxygens (including phenoxy) is 1. The van der Waals surface area contributed by atoms with Crippen molar-refractivity contribution in [1.82, 2.24) is 35.2 Å². The summed E-state index contributed by atoms with van der Waals surface area (Å²) in [6.07, 6.45) is 0. The predicted molar refractivity (Wildman–Crippen MR) is 161 cm³/mol. The number of aromatic nitrogens is 5. The average Bonchev–Trinajstić information content (AvgIpc) is 3.54. The lowest BCUT2D eigenvalue weighted by atomic mass is 10.2. The van der Waals surface area contributed by atoms with Crippen LogP contribution in [0, 0.1) is 0 Å². The maximum atomic E-state index is 12.7. The van der Waals surface area contributed by atoms with Gasteiger partial charge in [-0.05, 0) is 71.1 Å². The van der Waals surface area contributed by atoms with Gasteiger partial charge < -0.3 is 20.3 Å². The first kappa shape index (κ1) is 27.8. The summed E-state index contributed by atoms with van der Waals surface area (Å²) in [6, 6.07) is 23.2. The zero-order valence-electron chi connectivity index (χ0n) is 23.6. The van der Waals surface area contributed by atoms with Gasteiger partial charge in [-0.1, -0.05) is 26.0 Å². The Bertz CT molecular complexity index is 1580. The van der Waals surface area contributed by atoms with Crippen molar-refractivity contribution in [3.8, 4) is 5.75 Å². The fourth-order valence-corrected chi connectivity index (χ4v) is 4.78. The van der Waals surface area contributed by atoms with Gasteiger partial charge in [0.05, 0.1) is 18.1 Å². The highest BCUT2D eigenvalue weighted by Gasteiger charge is 2.17. The Morgan fingerprint density at radius 2 is 1.66 bits per heavy atom. The van der Waals surface area contributed by atoms with E-state index in [0.717, 1.165) is 55.2 Å². The molecule has 1 aliphatic rings. The van der Waals surface area contributed by atoms with Gasteiger partial charge in [0.2, 0.25) is 5.65 Å². The minimum atomic E-state index is -0.0914. The summed E-state index contributed by atoms with van der Waals surface area (Å²) in [5, 5.41) is 18.3. The van der Waals surface area contributed by atoms with Crippen molar-refractivity contribution in [3.63, 3.8) is 0 Å². The van der Waals surface area contributed by atoms with E-state index in [1.54, 1.807) is 23.8 Å². The van der Waals surface area contributed by atoms with Crippen LogP contribution in [0.2, 0.25) is 0 Å². The molecule has 0 saturated carbocycles. The molecule has 0 spiro atoms. The monoisotopic (exact) mass is 553 g/mol. The number of nitrogens with zero attached hydrogens (tertiary/aromatic N) is 7. The van der Waals surface area contributed by atoms with Crippen molar-refractivity contribution in [2.45, 2.75) is 13.8 Å². The van der Waals surface area contributed by atoms with E-state index in [9.17, 15) is 4.79 Å². The Balaban J connectivity index is 0.00000165. The van der Waals surface area contributed by atoms with E-state index in [-0.39, 0.29) is 5.91 Å². The molecule has 11 heteroatoms. The average molecular weight is 554 g/mol. The van der Waals surface area contributed by atoms with E-state index in [2.05, 4.69) is 53.1 Å². The molecule has 3 heterocycles. The highest BCUT2D eigenvalue weighted by Crippen LogP contribution is 2.23. The van der Waals surface area contributed by atoms with Gasteiger partial charge in [-0.15, -0.1) is 5.10 Å². The number of carbonyl (C=O) groups is 1. The maximum Gasteiger partial charge on any atom is 0.251 e. The molecule has 2 aromatic heterocycles. The number of hydrogen-bond acceptors (Lipinski definition) is 9. The number of tetrazole rings is 1. The molecule has 6 rings (SSSR count). The Morgan fingerprint density at radius 3 is 2.39 bits per heavy atom. The Kier molecular flexibility index (Phi) is 8.85. The molecule has 5 aromatic rings. The summed E-state index contributed by atoms with van der Waals surface area (Å²) in [5.41, 5.74) is 4.73. The van der Waals surface area contributed by atoms with Crippen LogP contribution in [0.4, 0.5) is 17.2 Å². The topological polar surface area (TPSA) is 113 Å². The van der Waals surface area contributed by atoms with Gasteiger partial charge in [0.25, 0.3) is 5.91 Å². The quantitative estimate of drug-likeness (QED) is 0.294. The number of carbonyl (C=O) groups excluding carboxylic acids is 1. The first-order chi connectivity index (χ1) is 20.2. The van der Waals surface area contributed by atoms with E-state index in [1.807, 2.05) is 62.4 Å². The molecular formula is C30H35N9O2. The Morgan fingerprint density at radius 1 is 0.927 bits per heavy atom. The summed E-state index contributed by atoms with van der Waals surface area (Å²) in [6.45, 7) is 9.24. The van der Waals surface area contributed by atoms with E-state index >= 15 is 0 Å². The van der Waals surface area contributed by atoms with Crippen LogP contribution in [0.15, 0.2) is 72.8 Å². The molecule has 0 radical (unpaired) electrons. The van der Waals surface area contributed by atoms with Crippen molar-refractivity contribution >= 4 is 39.8 Å². The molecule has 11 nitrogen and oxygen atoms in total. The number of para-hydroxylation sites is 2. The minimum absolute atomic E-state index is 0.0914. The molecule has 1 fully saturated rings. The number of anilines is 3. The molecule has 0 atom stereocenters. The molecule has 41 heavy (non-hydrogen) atoms. The van der Waals surface area contributed by atoms with E-state index in [1.165, 1.54) is 5.69 Å². The van der Waals surface area contributed by atoms with Gasteiger partial charge in [0, 0.05) is 56.2 Å². The number of methoxy groups -OCH3 is 1. The first-order valence-corrected chi connectivity index (χ1v) is 13.9. The molecule has 0 unspecified atom stereocenters. The van der Waals surface area contributed by atoms with Gasteiger partial charge in [0.1, 0.15) is 5.75 Å². The van der Waals surface area contributed by atoms with Gasteiger partial charge in [0.15, 0.2) is 5.82 Å². The molecule has 0 bridgehead atoms. The SMILES string of the molecule is CC.COc1ccc(N2CCN(CCNC(=O)c3ccc(Nc4nc5ccccc5n5nnnc45)cc3)CC2)cc1. The number of benzene rings is 3. The number of rotatable bonds is 8. The fraction of sp³-hybridized carbons (Fsp3) is 0.300. The second-order valence-electron chi connectivity index (χ2n) is 9.35. The molecule has 1 saturated heterocycles. The first-order valence-electron chi connectivity index (χ1n) is 13.9. The molecule has 0 aliphatic carbocycles. The summed E-state index contributed by atoms with van der Waals surface area (Å²) >= 11 is 0. The van der Waals surface area contributed by atoms with Crippen LogP contribution in [0.1, 0.15) is 24.2 Å². The number of nitrogens with one attached hydrogen (secondary N) is 2. The molecular weight excluding hydrogens is 518 g/mol. The van der Waals surface area contributed by atoms with Crippen molar-refractivity contribution in [2.75, 3.05) is 56.6 Å². The van der Waals surface area contributed by atoms with Gasteiger partial charge in [-0.3, -0.25) is 9.69 Å². The van der Waals surface area contributed by atoms with Crippen molar-refractivity contribution in [1.29, 1.82) is 0 Å². The molecule has 1 aliphatic heterocycles. The lowest BCUT2D eigenvalue weighted by Gasteiger charge is -2.36. The van der Waals surface area contributed by atoms with Gasteiger partial charge >= 0.3 is 0 Å². The summed E-state index contributed by atoms with van der Waals surface area (Å²) in [7, 11) is 1.68. The molecule has 212 valence electrons. The maximum absolute atomic E-state index is 12.7. The standard InChI is InChI=1S/C28H29N9O2.C2H6/c1-39-23-12-10-22(11-13-23)36-18-16-35(17-19-36)15-14-29-28(38)20-6-8-21(9-7-20)30-26-27-32-33-34-37(27)25-5-3-2-4-24(25)31-26;1-2/h2-13H,14-19H2,1H3,(H,29,38)(H,30,31);1-2H3. The molecule has 3 aromatic carbocycles. The number of hydrogen-bond donors (Lipinski definition) is 2. The van der Waals surface area contributed by atoms with Crippen LogP contribution in [0.3, 0.4) is 0 Å². The third-order valence-electron chi connectivity index (χ3n) is 6.96. The number of fused-ring (bicyclic) bond motifs is 3. The smallest absolute Gasteiger partial charge is 0.251 e. The van der Waals surface area contributed by atoms with Crippen LogP contribution in [-0.4, -0.2) is 82.2 Å². The second kappa shape index (κ2) is 13.1. The van der Waals surface area contributed by atoms with Gasteiger partial charge in [-0.2, -0.15) is 4.52 Å². The molecule has 2 N–H and O–H groups in total. The van der Waals surface area contributed by atoms with E-state index < -0.39 is 0 Å². The Labute approximate surface area is 239 Å². The largest absolute Gasteiger partial charge is 0.497 e. The fourth-order valence-electron chi connectivity index (χ4n) is 4.78. The van der Waals surface area contributed by atoms with Crippen molar-refractivity contribution in [3.05, 3.63) is 78.4 Å². The highest BCUT2D eigenvalue weighted by atomic mass is 16.5. The van der Waals surface area contributed by atoms with Crippen LogP contribution in [-0.2, 0) is 0 Å². The third kappa shape index (κ3) is 6.36. The molecule has 1 amide bonds. The number of piperazine rings is 1. The minimum Gasteiger partial charge on any atom is -0.497 e. The van der Waals surface area contributed by atoms with Crippen LogP contribution < -0.4 is 20.3 Å². The lowest BCUT2D eigenvalue weighted by Crippen LogP contribution is -2.48. The summed E-state index contributed by atoms with van der Waals surface area (Å²) in [5.74, 6) is 1.32. The van der Waals surface area contributed by atoms with Crippen LogP contribution >= 0.6 is 0 Å². The van der Waals surface area contributed by atoms with Crippen molar-refractivity contribution in [2.24, 2.45) is 0 Å². The van der Waals surface area contributed by atoms with Gasteiger partial charge in [-0.25, -0.2) is 4.98 Å². The van der Waals surface area contributed by atoms with E-state index in [4.69, 9.17) is 4.74 Å². The lowest BCUT2D eigenvalue weighted by molar-refractivity contribution is 0.0948. The predicted octanol–water partition coefficient (Wildman–Crippen LogP) is 4.00. The van der Waals surface area contributed by atoms with Crippen LogP contribution in [0.25, 0.3) is 16.7 Å². The van der Waals surface area contributed by atoms with E-state index in [0.29, 0.717) is 23.6 Å². The third-order valence-corrected chi connectivity index (χ3v) is 6.96. The normalized spacial score (nSPS) is 13.5. The van der Waals surface area contributed by atoms with Crippen molar-refractivity contribution < 1.29 is 9.53 Å². The second-order valence-corrected chi connectivity index (χ2v) is 9.35. The zero-order chi connectivity index (χ0) is 28.6. The Hall–Kier alpha value is -4.77. The highest BCUT2D eigenvalue weighted by molar-refractivity contribution is 5.94. The van der Waals surface area contributed by atoms with Crippen LogP contribution in [0.5, 0.6) is 5.75 Å². The summed E-state index contributed by atoms with van der Waals surface area (Å²) in [4.78, 5) is 22.2. The zero-order valence-corrected chi connectivity index (χ0v) is 23.6.